The summed E-state index contributed by atoms with van der Waals surface area (Å²) in [6.07, 6.45) is 0.405. The summed E-state index contributed by atoms with van der Waals surface area (Å²) in [4.78, 5) is 24.7. The number of para-hydroxylation sites is 2. The van der Waals surface area contributed by atoms with E-state index in [9.17, 15) is 13.6 Å². The van der Waals surface area contributed by atoms with E-state index in [-0.39, 0.29) is 22.8 Å². The summed E-state index contributed by atoms with van der Waals surface area (Å²) < 4.78 is 30.4. The second kappa shape index (κ2) is 9.09. The Morgan fingerprint density at radius 1 is 1.21 bits per heavy atom. The molecule has 8 nitrogen and oxygen atoms in total. The molecule has 1 aromatic carbocycles. The Bertz CT molecular complexity index is 1340. The Balaban J connectivity index is 1.50. The lowest BCUT2D eigenvalue weighted by Crippen LogP contribution is -2.27. The topological polar surface area (TPSA) is 80.3 Å². The highest BCUT2D eigenvalue weighted by Gasteiger charge is 2.29. The van der Waals surface area contributed by atoms with Gasteiger partial charge in [0.2, 0.25) is 5.95 Å². The van der Waals surface area contributed by atoms with Crippen molar-refractivity contribution in [3.05, 3.63) is 53.5 Å². The van der Waals surface area contributed by atoms with Crippen LogP contribution in [0, 0.1) is 0 Å². The number of nitrogens with zero attached hydrogens (tertiary/aromatic N) is 6. The molecule has 0 spiro atoms. The van der Waals surface area contributed by atoms with Crippen molar-refractivity contribution in [1.82, 2.24) is 29.0 Å². The van der Waals surface area contributed by atoms with Crippen molar-refractivity contribution in [3.8, 4) is 0 Å². The van der Waals surface area contributed by atoms with Gasteiger partial charge < -0.3 is 9.47 Å². The maximum atomic E-state index is 13.7. The SMILES string of the molecule is CCN(CC)CCn1c(NC(=O)c2cnn3c(C(F)F)cc(C4CC4)nc23)nc2ccccc21. The molecule has 0 bridgehead atoms. The molecular weight excluding hydrogens is 440 g/mol. The summed E-state index contributed by atoms with van der Waals surface area (Å²) in [6.45, 7) is 7.52. The summed E-state index contributed by atoms with van der Waals surface area (Å²) in [5, 5.41) is 6.93. The fraction of sp³-hybridized carbons (Fsp3) is 0.417. The quantitative estimate of drug-likeness (QED) is 0.392. The number of imidazole rings is 1. The van der Waals surface area contributed by atoms with Crippen LogP contribution in [0.5, 0.6) is 0 Å². The molecule has 0 radical (unpaired) electrons. The minimum atomic E-state index is -2.72. The number of rotatable bonds is 9. The number of alkyl halides is 2. The Hall–Kier alpha value is -3.40. The van der Waals surface area contributed by atoms with E-state index in [0.717, 1.165) is 48.0 Å². The number of nitrogens with one attached hydrogen (secondary N) is 1. The van der Waals surface area contributed by atoms with Crippen molar-refractivity contribution < 1.29 is 13.6 Å². The molecule has 178 valence electrons. The highest BCUT2D eigenvalue weighted by molar-refractivity contribution is 6.08. The molecular formula is C24H27F2N7O. The number of hydrogen-bond acceptors (Lipinski definition) is 5. The maximum absolute atomic E-state index is 13.7. The number of benzene rings is 1. The molecule has 1 amide bonds. The van der Waals surface area contributed by atoms with Gasteiger partial charge >= 0.3 is 0 Å². The zero-order valence-electron chi connectivity index (χ0n) is 19.2. The first-order valence-electron chi connectivity index (χ1n) is 11.7. The first kappa shape index (κ1) is 22.4. The Morgan fingerprint density at radius 2 is 1.97 bits per heavy atom. The number of halogens is 2. The van der Waals surface area contributed by atoms with Crippen LogP contribution in [-0.4, -0.2) is 54.6 Å². The van der Waals surface area contributed by atoms with Crippen molar-refractivity contribution >= 4 is 28.5 Å². The minimum absolute atomic E-state index is 0.142. The van der Waals surface area contributed by atoms with Crippen LogP contribution < -0.4 is 5.32 Å². The number of carbonyl (C=O) groups excluding carboxylic acids is 1. The smallest absolute Gasteiger partial charge is 0.280 e. The fourth-order valence-electron chi connectivity index (χ4n) is 4.26. The summed E-state index contributed by atoms with van der Waals surface area (Å²) in [5.74, 6) is 0.0952. The summed E-state index contributed by atoms with van der Waals surface area (Å²) in [6, 6.07) is 9.09. The molecule has 1 fully saturated rings. The summed E-state index contributed by atoms with van der Waals surface area (Å²) in [5.41, 5.74) is 2.31. The highest BCUT2D eigenvalue weighted by Crippen LogP contribution is 2.40. The fourth-order valence-corrected chi connectivity index (χ4v) is 4.26. The lowest BCUT2D eigenvalue weighted by Gasteiger charge is -2.19. The Labute approximate surface area is 195 Å². The van der Waals surface area contributed by atoms with Crippen LogP contribution >= 0.6 is 0 Å². The van der Waals surface area contributed by atoms with Gasteiger partial charge in [0.25, 0.3) is 12.3 Å². The molecule has 0 saturated heterocycles. The number of hydrogen-bond donors (Lipinski definition) is 1. The van der Waals surface area contributed by atoms with Crippen LogP contribution in [0.15, 0.2) is 36.5 Å². The van der Waals surface area contributed by atoms with Crippen LogP contribution in [0.3, 0.4) is 0 Å². The average molecular weight is 468 g/mol. The third-order valence-electron chi connectivity index (χ3n) is 6.40. The van der Waals surface area contributed by atoms with Gasteiger partial charge in [-0.25, -0.2) is 23.3 Å². The maximum Gasteiger partial charge on any atom is 0.280 e. The van der Waals surface area contributed by atoms with E-state index in [1.54, 1.807) is 0 Å². The van der Waals surface area contributed by atoms with E-state index in [1.807, 2.05) is 28.8 Å². The second-order valence-electron chi connectivity index (χ2n) is 8.53. The van der Waals surface area contributed by atoms with E-state index < -0.39 is 12.3 Å². The predicted molar refractivity (Wildman–Crippen MR) is 125 cm³/mol. The molecule has 1 saturated carbocycles. The van der Waals surface area contributed by atoms with Gasteiger partial charge in [-0.1, -0.05) is 26.0 Å². The van der Waals surface area contributed by atoms with Crippen molar-refractivity contribution in [2.45, 2.75) is 45.6 Å². The summed E-state index contributed by atoms with van der Waals surface area (Å²) in [7, 11) is 0. The van der Waals surface area contributed by atoms with Gasteiger partial charge in [-0.2, -0.15) is 5.10 Å². The molecule has 0 aliphatic heterocycles. The van der Waals surface area contributed by atoms with Gasteiger partial charge in [-0.3, -0.25) is 10.1 Å². The molecule has 1 N–H and O–H groups in total. The second-order valence-corrected chi connectivity index (χ2v) is 8.53. The van der Waals surface area contributed by atoms with Crippen LogP contribution in [0.25, 0.3) is 16.7 Å². The first-order valence-corrected chi connectivity index (χ1v) is 11.7. The van der Waals surface area contributed by atoms with Crippen LogP contribution in [-0.2, 0) is 6.54 Å². The number of carbonyl (C=O) groups is 1. The van der Waals surface area contributed by atoms with Gasteiger partial charge in [-0.05, 0) is 44.1 Å². The van der Waals surface area contributed by atoms with Gasteiger partial charge in [0.1, 0.15) is 11.3 Å². The van der Waals surface area contributed by atoms with E-state index in [0.29, 0.717) is 18.2 Å². The molecule has 3 heterocycles. The molecule has 1 aliphatic rings. The van der Waals surface area contributed by atoms with E-state index in [2.05, 4.69) is 39.1 Å². The molecule has 5 rings (SSSR count). The third kappa shape index (κ3) is 4.13. The molecule has 10 heteroatoms. The van der Waals surface area contributed by atoms with E-state index in [1.165, 1.54) is 12.3 Å². The van der Waals surface area contributed by atoms with Gasteiger partial charge in [0, 0.05) is 24.7 Å². The molecule has 0 atom stereocenters. The lowest BCUT2D eigenvalue weighted by molar-refractivity contribution is 0.102. The minimum Gasteiger partial charge on any atom is -0.309 e. The van der Waals surface area contributed by atoms with Gasteiger partial charge in [0.05, 0.1) is 17.2 Å². The van der Waals surface area contributed by atoms with Crippen molar-refractivity contribution in [2.24, 2.45) is 0 Å². The lowest BCUT2D eigenvalue weighted by atomic mass is 10.2. The normalized spacial score (nSPS) is 14.1. The van der Waals surface area contributed by atoms with E-state index >= 15 is 0 Å². The number of fused-ring (bicyclic) bond motifs is 2. The third-order valence-corrected chi connectivity index (χ3v) is 6.40. The molecule has 34 heavy (non-hydrogen) atoms. The zero-order chi connectivity index (χ0) is 23.8. The Kier molecular flexibility index (Phi) is 5.99. The average Bonchev–Trinajstić information content (AvgIpc) is 3.51. The van der Waals surface area contributed by atoms with Gasteiger partial charge in [0.15, 0.2) is 5.65 Å². The Morgan fingerprint density at radius 3 is 2.68 bits per heavy atom. The predicted octanol–water partition coefficient (Wildman–Crippen LogP) is 4.49. The largest absolute Gasteiger partial charge is 0.309 e. The highest BCUT2D eigenvalue weighted by atomic mass is 19.3. The van der Waals surface area contributed by atoms with Gasteiger partial charge in [-0.15, -0.1) is 0 Å². The monoisotopic (exact) mass is 467 g/mol. The summed E-state index contributed by atoms with van der Waals surface area (Å²) >= 11 is 0. The molecule has 4 aromatic rings. The molecule has 3 aromatic heterocycles. The van der Waals surface area contributed by atoms with Crippen LogP contribution in [0.1, 0.15) is 60.8 Å². The van der Waals surface area contributed by atoms with Crippen molar-refractivity contribution in [1.29, 1.82) is 0 Å². The standard InChI is InChI=1S/C24H27F2N7O/c1-3-31(4-2)11-12-32-19-8-6-5-7-17(19)29-24(32)30-23(34)16-14-27-33-20(21(25)26)13-18(15-9-10-15)28-22(16)33/h5-8,13-15,21H,3-4,9-12H2,1-2H3,(H,29,30,34). The van der Waals surface area contributed by atoms with Crippen LogP contribution in [0.2, 0.25) is 0 Å². The van der Waals surface area contributed by atoms with Crippen molar-refractivity contribution in [3.63, 3.8) is 0 Å². The zero-order valence-corrected chi connectivity index (χ0v) is 19.2. The van der Waals surface area contributed by atoms with E-state index in [4.69, 9.17) is 0 Å². The number of amides is 1. The van der Waals surface area contributed by atoms with Crippen molar-refractivity contribution in [2.75, 3.05) is 25.0 Å². The number of likely N-dealkylation sites (N-methyl/N-ethyl adjacent to an activating group) is 1. The molecule has 1 aliphatic carbocycles. The number of aromatic nitrogens is 5. The number of anilines is 1. The van der Waals surface area contributed by atoms with Crippen LogP contribution in [0.4, 0.5) is 14.7 Å². The first-order chi connectivity index (χ1) is 16.5. The molecule has 0 unspecified atom stereocenters.